The highest BCUT2D eigenvalue weighted by Gasteiger charge is 2.33. The zero-order chi connectivity index (χ0) is 22.4. The number of nitrogens with zero attached hydrogens (tertiary/aromatic N) is 2. The number of anilines is 1. The number of ether oxygens (including phenoxy) is 2. The average Bonchev–Trinajstić information content (AvgIpc) is 3.05. The second kappa shape index (κ2) is 10.2. The maximum Gasteiger partial charge on any atom is 0.344 e. The van der Waals surface area contributed by atoms with Crippen LogP contribution >= 0.6 is 11.8 Å². The molecule has 0 radical (unpaired) electrons. The van der Waals surface area contributed by atoms with Crippen molar-refractivity contribution in [3.05, 3.63) is 70.3 Å². The number of benzene rings is 2. The molecule has 1 N–H and O–H groups in total. The SMILES string of the molecule is CCOC(=O)C1=C(O)/C(=C\c2ccc(N(C)C)cc2)SC1=Nc1ccc(OCC)cc1. The monoisotopic (exact) mass is 438 g/mol. The normalized spacial score (nSPS) is 16.1. The molecule has 0 aliphatic carbocycles. The summed E-state index contributed by atoms with van der Waals surface area (Å²) in [6.07, 6.45) is 1.83. The lowest BCUT2D eigenvalue weighted by Crippen LogP contribution is -2.12. The summed E-state index contributed by atoms with van der Waals surface area (Å²) in [6.45, 7) is 4.44. The molecule has 0 amide bonds. The first-order chi connectivity index (χ1) is 14.9. The number of carbonyl (C=O) groups is 1. The minimum Gasteiger partial charge on any atom is -0.506 e. The zero-order valence-electron chi connectivity index (χ0n) is 18.1. The first-order valence-corrected chi connectivity index (χ1v) is 10.8. The van der Waals surface area contributed by atoms with E-state index in [-0.39, 0.29) is 17.9 Å². The highest BCUT2D eigenvalue weighted by Crippen LogP contribution is 2.40. The number of aliphatic imine (C=N–C) groups is 1. The predicted octanol–water partition coefficient (Wildman–Crippen LogP) is 5.34. The van der Waals surface area contributed by atoms with Gasteiger partial charge >= 0.3 is 5.97 Å². The first-order valence-electron chi connectivity index (χ1n) is 10.0. The molecule has 0 fully saturated rings. The minimum atomic E-state index is -0.594. The van der Waals surface area contributed by atoms with Crippen molar-refractivity contribution >= 4 is 40.2 Å². The van der Waals surface area contributed by atoms with Gasteiger partial charge in [0.2, 0.25) is 0 Å². The first kappa shape index (κ1) is 22.5. The van der Waals surface area contributed by atoms with Gasteiger partial charge in [0.05, 0.1) is 23.8 Å². The number of aliphatic hydroxyl groups is 1. The Morgan fingerprint density at radius 2 is 1.74 bits per heavy atom. The van der Waals surface area contributed by atoms with E-state index >= 15 is 0 Å². The smallest absolute Gasteiger partial charge is 0.344 e. The molecule has 0 saturated carbocycles. The third-order valence-corrected chi connectivity index (χ3v) is 5.48. The van der Waals surface area contributed by atoms with E-state index in [0.717, 1.165) is 17.0 Å². The van der Waals surface area contributed by atoms with Crippen LogP contribution in [0.5, 0.6) is 5.75 Å². The summed E-state index contributed by atoms with van der Waals surface area (Å²) >= 11 is 1.24. The van der Waals surface area contributed by atoms with Crippen molar-refractivity contribution in [2.24, 2.45) is 4.99 Å². The fraction of sp³-hybridized carbons (Fsp3) is 0.250. The Morgan fingerprint density at radius 3 is 2.32 bits per heavy atom. The van der Waals surface area contributed by atoms with Crippen LogP contribution in [0.3, 0.4) is 0 Å². The van der Waals surface area contributed by atoms with E-state index in [0.29, 0.717) is 22.2 Å². The number of esters is 1. The van der Waals surface area contributed by atoms with Crippen LogP contribution in [0.4, 0.5) is 11.4 Å². The molecular formula is C24H26N2O4S. The maximum absolute atomic E-state index is 12.5. The van der Waals surface area contributed by atoms with Crippen molar-refractivity contribution < 1.29 is 19.4 Å². The van der Waals surface area contributed by atoms with E-state index in [9.17, 15) is 9.90 Å². The fourth-order valence-electron chi connectivity index (χ4n) is 2.91. The topological polar surface area (TPSA) is 71.4 Å². The molecule has 7 heteroatoms. The molecule has 0 atom stereocenters. The van der Waals surface area contributed by atoms with Gasteiger partial charge in [-0.05, 0) is 61.9 Å². The third-order valence-electron chi connectivity index (χ3n) is 4.46. The molecule has 3 rings (SSSR count). The predicted molar refractivity (Wildman–Crippen MR) is 127 cm³/mol. The van der Waals surface area contributed by atoms with Gasteiger partial charge in [-0.2, -0.15) is 0 Å². The number of rotatable bonds is 7. The summed E-state index contributed by atoms with van der Waals surface area (Å²) in [5.41, 5.74) is 2.71. The zero-order valence-corrected chi connectivity index (χ0v) is 18.9. The average molecular weight is 439 g/mol. The van der Waals surface area contributed by atoms with E-state index in [2.05, 4.69) is 4.99 Å². The summed E-state index contributed by atoms with van der Waals surface area (Å²) in [6, 6.07) is 15.2. The van der Waals surface area contributed by atoms with Gasteiger partial charge in [0, 0.05) is 19.8 Å². The largest absolute Gasteiger partial charge is 0.506 e. The molecule has 1 heterocycles. The number of carbonyl (C=O) groups excluding carboxylic acids is 1. The van der Waals surface area contributed by atoms with Crippen molar-refractivity contribution in [2.75, 3.05) is 32.2 Å². The lowest BCUT2D eigenvalue weighted by Gasteiger charge is -2.11. The van der Waals surface area contributed by atoms with Crippen molar-refractivity contribution in [2.45, 2.75) is 13.8 Å². The maximum atomic E-state index is 12.5. The molecule has 0 bridgehead atoms. The lowest BCUT2D eigenvalue weighted by molar-refractivity contribution is -0.138. The van der Waals surface area contributed by atoms with Crippen molar-refractivity contribution in [3.63, 3.8) is 0 Å². The summed E-state index contributed by atoms with van der Waals surface area (Å²) in [5.74, 6) is 0.0321. The Bertz CT molecular complexity index is 1020. The molecule has 2 aromatic rings. The van der Waals surface area contributed by atoms with Gasteiger partial charge in [-0.1, -0.05) is 23.9 Å². The van der Waals surface area contributed by atoms with Gasteiger partial charge in [0.15, 0.2) is 0 Å². The summed E-state index contributed by atoms with van der Waals surface area (Å²) in [7, 11) is 3.95. The summed E-state index contributed by atoms with van der Waals surface area (Å²) in [5, 5.41) is 11.2. The second-order valence-electron chi connectivity index (χ2n) is 6.88. The number of hydrogen-bond donors (Lipinski definition) is 1. The van der Waals surface area contributed by atoms with E-state index in [1.54, 1.807) is 19.1 Å². The number of aliphatic hydroxyl groups excluding tert-OH is 1. The van der Waals surface area contributed by atoms with Crippen LogP contribution in [0.25, 0.3) is 6.08 Å². The number of thioether (sulfide) groups is 1. The van der Waals surface area contributed by atoms with Crippen molar-refractivity contribution in [1.29, 1.82) is 0 Å². The van der Waals surface area contributed by atoms with Crippen molar-refractivity contribution in [3.8, 4) is 5.75 Å². The van der Waals surface area contributed by atoms with Crippen molar-refractivity contribution in [1.82, 2.24) is 0 Å². The van der Waals surface area contributed by atoms with E-state index in [4.69, 9.17) is 9.47 Å². The Morgan fingerprint density at radius 1 is 1.06 bits per heavy atom. The van der Waals surface area contributed by atoms with Crippen LogP contribution < -0.4 is 9.64 Å². The van der Waals surface area contributed by atoms with E-state index in [1.165, 1.54) is 11.8 Å². The van der Waals surface area contributed by atoms with Crippen LogP contribution in [0.1, 0.15) is 19.4 Å². The van der Waals surface area contributed by atoms with E-state index < -0.39 is 5.97 Å². The highest BCUT2D eigenvalue weighted by molar-refractivity contribution is 8.18. The Hall–Kier alpha value is -3.19. The molecule has 0 aromatic heterocycles. The van der Waals surface area contributed by atoms with Gasteiger partial charge in [-0.3, -0.25) is 0 Å². The van der Waals surface area contributed by atoms with Crippen LogP contribution in [0, 0.1) is 0 Å². The molecule has 0 spiro atoms. The minimum absolute atomic E-state index is 0.0805. The van der Waals surface area contributed by atoms with Gasteiger partial charge in [-0.25, -0.2) is 9.79 Å². The molecule has 162 valence electrons. The molecule has 1 aliphatic rings. The Labute approximate surface area is 186 Å². The second-order valence-corrected chi connectivity index (χ2v) is 7.92. The summed E-state index contributed by atoms with van der Waals surface area (Å²) in [4.78, 5) is 19.7. The third kappa shape index (κ3) is 5.49. The van der Waals surface area contributed by atoms with Crippen LogP contribution in [-0.2, 0) is 9.53 Å². The molecule has 0 unspecified atom stereocenters. The molecule has 2 aromatic carbocycles. The van der Waals surface area contributed by atoms with Crippen LogP contribution in [-0.4, -0.2) is 43.4 Å². The van der Waals surface area contributed by atoms with Gasteiger partial charge < -0.3 is 19.5 Å². The van der Waals surface area contributed by atoms with Crippen LogP contribution in [0.15, 0.2) is 69.8 Å². The van der Waals surface area contributed by atoms with Gasteiger partial charge in [-0.15, -0.1) is 0 Å². The van der Waals surface area contributed by atoms with Gasteiger partial charge in [0.1, 0.15) is 22.1 Å². The lowest BCUT2D eigenvalue weighted by atomic mass is 10.1. The molecular weight excluding hydrogens is 412 g/mol. The highest BCUT2D eigenvalue weighted by atomic mass is 32.2. The molecule has 0 saturated heterocycles. The quantitative estimate of drug-likeness (QED) is 0.588. The van der Waals surface area contributed by atoms with E-state index in [1.807, 2.05) is 68.4 Å². The number of hydrogen-bond acceptors (Lipinski definition) is 7. The Kier molecular flexibility index (Phi) is 7.41. The summed E-state index contributed by atoms with van der Waals surface area (Å²) < 4.78 is 10.6. The Balaban J connectivity index is 1.95. The molecule has 31 heavy (non-hydrogen) atoms. The molecule has 6 nitrogen and oxygen atoms in total. The van der Waals surface area contributed by atoms with Gasteiger partial charge in [0.25, 0.3) is 0 Å². The fourth-order valence-corrected chi connectivity index (χ4v) is 3.95. The molecule has 1 aliphatic heterocycles. The standard InChI is InChI=1S/C24H26N2O4S/c1-5-29-19-13-9-17(10-14-19)25-23-21(24(28)30-6-2)22(27)20(31-23)15-16-7-11-18(12-8-16)26(3)4/h7-15,27H,5-6H2,1-4H3/b20-15+,25-23?. The van der Waals surface area contributed by atoms with Crippen LogP contribution in [0.2, 0.25) is 0 Å².